The molecule has 5 heteroatoms. The SMILES string of the molecule is CCc1cc(C)c(C)cc1CC.CCc1cc([Si](C)(C)C)c([Si](C)(C)C)cc1CC.CCc1ccc(C(C)(C)C)cc1CC.CCc1ccc(C(C)(C)c2ccccc2)cc1CC.CCc1ccc(C)cc1CC.CCc1ccc([Si](C)(C)C(C)(C)C)cc1CC.CCc1ccc([Si](C)(C)C)cc1CC.CCc1ccc([Si](C)(C)C)cc1CC. The molecule has 0 unspecified atom stereocenters. The minimum absolute atomic E-state index is 0.0669. The lowest BCUT2D eigenvalue weighted by molar-refractivity contribution is 0.589. The van der Waals surface area contributed by atoms with Crippen LogP contribution < -0.4 is 25.9 Å². The van der Waals surface area contributed by atoms with Gasteiger partial charge >= 0.3 is 0 Å². The zero-order valence-electron chi connectivity index (χ0n) is 85.4. The molecule has 658 valence electrons. The maximum absolute atomic E-state index is 2.55. The van der Waals surface area contributed by atoms with Crippen molar-refractivity contribution >= 4 is 66.3 Å². The molecule has 0 amide bonds. The van der Waals surface area contributed by atoms with Gasteiger partial charge in [-0.3, -0.25) is 0 Å². The lowest BCUT2D eigenvalue weighted by atomic mass is 9.77. The van der Waals surface area contributed by atoms with Gasteiger partial charge in [0.15, 0.2) is 0 Å². The second-order valence-corrected chi connectivity index (χ2v) is 66.4. The van der Waals surface area contributed by atoms with E-state index in [1.54, 1.807) is 53.8 Å². The van der Waals surface area contributed by atoms with Crippen LogP contribution in [0, 0.1) is 20.8 Å². The molecule has 0 aliphatic carbocycles. The number of hydrogen-bond acceptors (Lipinski definition) is 0. The highest BCUT2D eigenvalue weighted by Gasteiger charge is 2.37. The van der Waals surface area contributed by atoms with Crippen LogP contribution in [-0.4, -0.2) is 40.4 Å². The summed E-state index contributed by atoms with van der Waals surface area (Å²) in [6.07, 6.45) is 18.5. The van der Waals surface area contributed by atoms with Gasteiger partial charge in [0.25, 0.3) is 0 Å². The summed E-state index contributed by atoms with van der Waals surface area (Å²) in [4.78, 5) is 0. The van der Waals surface area contributed by atoms with Gasteiger partial charge in [-0.05, 0) is 251 Å². The van der Waals surface area contributed by atoms with Crippen LogP contribution in [0.15, 0.2) is 164 Å². The van der Waals surface area contributed by atoms with Crippen molar-refractivity contribution in [1.82, 2.24) is 0 Å². The summed E-state index contributed by atoms with van der Waals surface area (Å²) >= 11 is 0. The van der Waals surface area contributed by atoms with Crippen molar-refractivity contribution in [2.75, 3.05) is 0 Å². The zero-order valence-corrected chi connectivity index (χ0v) is 90.4. The monoisotopic (exact) mass is 1690 g/mol. The smallest absolute Gasteiger partial charge is 0.0656 e. The molecule has 9 aromatic rings. The average molecular weight is 1690 g/mol. The van der Waals surface area contributed by atoms with Crippen LogP contribution in [0.4, 0.5) is 0 Å². The Morgan fingerprint density at radius 1 is 0.210 bits per heavy atom. The van der Waals surface area contributed by atoms with Crippen LogP contribution in [0.5, 0.6) is 0 Å². The molecule has 9 aromatic carbocycles. The first-order valence-electron chi connectivity index (χ1n) is 47.4. The summed E-state index contributed by atoms with van der Waals surface area (Å²) in [5.74, 6) is 0. The van der Waals surface area contributed by atoms with Crippen LogP contribution in [-0.2, 0) is 114 Å². The van der Waals surface area contributed by atoms with Crippen LogP contribution in [0.25, 0.3) is 0 Å². The fourth-order valence-corrected chi connectivity index (χ4v) is 25.2. The molecule has 9 rings (SSSR count). The van der Waals surface area contributed by atoms with Crippen molar-refractivity contribution in [3.63, 3.8) is 0 Å². The molecule has 0 atom stereocenters. The van der Waals surface area contributed by atoms with Crippen LogP contribution in [0.3, 0.4) is 0 Å². The first-order chi connectivity index (χ1) is 55.4. The molecule has 0 bridgehead atoms. The molecule has 0 radical (unpaired) electrons. The van der Waals surface area contributed by atoms with Gasteiger partial charge in [0.05, 0.1) is 40.4 Å². The van der Waals surface area contributed by atoms with Crippen LogP contribution in [0.2, 0.25) is 96.7 Å². The van der Waals surface area contributed by atoms with Gasteiger partial charge in [-0.25, -0.2) is 0 Å². The molecule has 0 N–H and O–H groups in total. The first-order valence-corrected chi connectivity index (χ1v) is 64.4. The minimum Gasteiger partial charge on any atom is -0.0656 e. The molecule has 119 heavy (non-hydrogen) atoms. The third-order valence-electron chi connectivity index (χ3n) is 25.7. The average Bonchev–Trinajstić information content (AvgIpc) is 0.776. The lowest BCUT2D eigenvalue weighted by Gasteiger charge is -2.37. The summed E-state index contributed by atoms with van der Waals surface area (Å²) in [7, 11) is -6.07. The molecule has 0 aromatic heterocycles. The second kappa shape index (κ2) is 50.1. The Balaban J connectivity index is 0.000000464. The van der Waals surface area contributed by atoms with Crippen molar-refractivity contribution in [2.45, 2.75) is 397 Å². The zero-order chi connectivity index (χ0) is 91.0. The predicted octanol–water partition coefficient (Wildman–Crippen LogP) is 30.9. The third-order valence-corrected chi connectivity index (χ3v) is 39.6. The highest BCUT2D eigenvalue weighted by Crippen LogP contribution is 2.37. The van der Waals surface area contributed by atoms with E-state index >= 15 is 0 Å². The number of benzene rings is 9. The largest absolute Gasteiger partial charge is 0.0859 e. The summed E-state index contributed by atoms with van der Waals surface area (Å²) in [6.45, 7) is 95.4. The van der Waals surface area contributed by atoms with Gasteiger partial charge in [-0.1, -0.05) is 453 Å². The third kappa shape index (κ3) is 33.6. The highest BCUT2D eigenvalue weighted by atomic mass is 28.3. The fourth-order valence-electron chi connectivity index (χ4n) is 15.7. The fraction of sp³-hybridized carbons (Fsp3) is 0.526. The first kappa shape index (κ1) is 109. The molecule has 0 aliphatic rings. The van der Waals surface area contributed by atoms with Gasteiger partial charge in [-0.15, -0.1) is 0 Å². The van der Waals surface area contributed by atoms with Crippen molar-refractivity contribution in [1.29, 1.82) is 0 Å². The van der Waals surface area contributed by atoms with E-state index in [9.17, 15) is 0 Å². The van der Waals surface area contributed by atoms with Crippen LogP contribution >= 0.6 is 0 Å². The maximum atomic E-state index is 2.55. The highest BCUT2D eigenvalue weighted by molar-refractivity contribution is 6.98. The Labute approximate surface area is 744 Å². The minimum atomic E-state index is -1.36. The Hall–Kier alpha value is -5.94. The molecule has 0 aliphatic heterocycles. The molecule has 0 fully saturated rings. The van der Waals surface area contributed by atoms with Gasteiger partial charge in [0, 0.05) is 5.41 Å². The van der Waals surface area contributed by atoms with Crippen molar-refractivity contribution in [3.8, 4) is 0 Å². The van der Waals surface area contributed by atoms with E-state index < -0.39 is 40.4 Å². The van der Waals surface area contributed by atoms with Gasteiger partial charge in [0.1, 0.15) is 0 Å². The van der Waals surface area contributed by atoms with Gasteiger partial charge < -0.3 is 0 Å². The number of aryl methyl sites for hydroxylation is 19. The van der Waals surface area contributed by atoms with E-state index in [1.165, 1.54) is 120 Å². The van der Waals surface area contributed by atoms with Crippen LogP contribution in [0.1, 0.15) is 289 Å². The molecule has 0 saturated carbocycles. The lowest BCUT2D eigenvalue weighted by Crippen LogP contribution is -2.56. The quantitative estimate of drug-likeness (QED) is 0.0560. The van der Waals surface area contributed by atoms with Crippen molar-refractivity contribution < 1.29 is 0 Å². The normalized spacial score (nSPS) is 11.8. The summed E-state index contributed by atoms with van der Waals surface area (Å²) in [5.41, 5.74) is 33.2. The Morgan fingerprint density at radius 3 is 0.739 bits per heavy atom. The van der Waals surface area contributed by atoms with E-state index in [0.717, 1.165) is 77.0 Å². The number of rotatable bonds is 23. The van der Waals surface area contributed by atoms with E-state index in [-0.39, 0.29) is 10.8 Å². The van der Waals surface area contributed by atoms with E-state index in [4.69, 9.17) is 0 Å². The standard InChI is InChI=1S/C19H24.C16H30Si2.C16H28Si.C14H22.2C13H22Si.C12H18.C11H16/c1-5-15-12-13-18(14-16(15)6-2)19(3,4)17-10-8-7-9-11-17;1-9-13-11-15(17(3,4)5)16(18(6,7)8)12-14(13)10-2;1-8-13-10-11-15(12-14(13)9-2)17(6,7)16(3,4)5;3*1-6-11-8-9-13(14(3,4)5)10-12(11)7-2;1-5-11-7-9(3)10(4)8-12(11)6-2;1-4-10-7-6-9(3)8-11(10)5-2/h7-14H,5-6H2,1-4H3;11-12H,9-10H2,1-8H3;10-12H,8-9H2,1-7H3;3*8-10H,6-7H2,1-5H3;7-8H,5-6H2,1-4H3;6-8H,4-5H2,1-3H3. The Bertz CT molecular complexity index is 4250. The molecule has 0 saturated heterocycles. The van der Waals surface area contributed by atoms with Crippen molar-refractivity contribution in [2.24, 2.45) is 0 Å². The summed E-state index contributed by atoms with van der Waals surface area (Å²) in [6, 6.07) is 62.6. The summed E-state index contributed by atoms with van der Waals surface area (Å²) < 4.78 is 0. The number of hydrogen-bond donors (Lipinski definition) is 0. The van der Waals surface area contributed by atoms with E-state index in [2.05, 4.69) is 442 Å². The van der Waals surface area contributed by atoms with Gasteiger partial charge in [0.2, 0.25) is 0 Å². The predicted molar refractivity (Wildman–Crippen MR) is 562 cm³/mol. The molecule has 0 nitrogen and oxygen atoms in total. The molecule has 0 heterocycles. The van der Waals surface area contributed by atoms with Crippen molar-refractivity contribution in [3.05, 3.63) is 286 Å². The second-order valence-electron chi connectivity index (χ2n) is 40.8. The summed E-state index contributed by atoms with van der Waals surface area (Å²) in [5, 5.41) is 8.65. The van der Waals surface area contributed by atoms with E-state index in [0.29, 0.717) is 5.04 Å². The Morgan fingerprint density at radius 2 is 0.454 bits per heavy atom. The topological polar surface area (TPSA) is 0 Å². The Kier molecular flexibility index (Phi) is 46.0. The molecule has 0 spiro atoms. The van der Waals surface area contributed by atoms with E-state index in [1.807, 2.05) is 0 Å². The maximum Gasteiger partial charge on any atom is 0.0859 e. The molecular formula is C114H182Si5. The van der Waals surface area contributed by atoms with Gasteiger partial charge in [-0.2, -0.15) is 0 Å². The molecular weight excluding hydrogens is 1510 g/mol.